The molecule has 0 radical (unpaired) electrons. The van der Waals surface area contributed by atoms with E-state index in [1.165, 1.54) is 38.4 Å². The number of anilines is 2. The van der Waals surface area contributed by atoms with Crippen LogP contribution in [-0.2, 0) is 19.6 Å². The van der Waals surface area contributed by atoms with Crippen LogP contribution in [0.1, 0.15) is 21.5 Å². The summed E-state index contributed by atoms with van der Waals surface area (Å²) in [5.74, 6) is -0.800. The molecule has 0 saturated carbocycles. The van der Waals surface area contributed by atoms with Crippen molar-refractivity contribution in [1.82, 2.24) is 0 Å². The van der Waals surface area contributed by atoms with Gasteiger partial charge in [0.05, 0.1) is 23.3 Å². The number of carbonyl (C=O) groups excluding carboxylic acids is 2. The van der Waals surface area contributed by atoms with E-state index in [9.17, 15) is 18.0 Å². The molecule has 0 saturated heterocycles. The number of benzene rings is 3. The second-order valence-corrected chi connectivity index (χ2v) is 9.51. The number of hydrogen-bond acceptors (Lipinski definition) is 6. The van der Waals surface area contributed by atoms with Crippen molar-refractivity contribution < 1.29 is 27.5 Å². The largest absolute Gasteiger partial charge is 0.495 e. The molecule has 0 bridgehead atoms. The van der Waals surface area contributed by atoms with Crippen molar-refractivity contribution in [3.05, 3.63) is 83.4 Å². The highest BCUT2D eigenvalue weighted by Gasteiger charge is 2.24. The summed E-state index contributed by atoms with van der Waals surface area (Å²) >= 11 is 0. The van der Waals surface area contributed by atoms with Gasteiger partial charge in [0.2, 0.25) is 0 Å². The van der Waals surface area contributed by atoms with Crippen molar-refractivity contribution in [2.75, 3.05) is 30.4 Å². The van der Waals surface area contributed by atoms with Gasteiger partial charge in [-0.05, 0) is 67.4 Å². The van der Waals surface area contributed by atoms with Gasteiger partial charge in [-0.25, -0.2) is 13.2 Å². The number of ether oxygens (including phenoxy) is 2. The van der Waals surface area contributed by atoms with Gasteiger partial charge in [0.1, 0.15) is 5.75 Å². The standard InChI is InChI=1S/C25H26N2O6S/c1-17-8-7-9-21(18(17)2)26-24(28)16-33-25(29)19-12-14-20(15-13-19)34(30,31)27(3)22-10-5-6-11-23(22)32-4/h5-15H,16H2,1-4H3,(H,26,28). The summed E-state index contributed by atoms with van der Waals surface area (Å²) in [5, 5.41) is 2.71. The smallest absolute Gasteiger partial charge is 0.338 e. The van der Waals surface area contributed by atoms with Gasteiger partial charge in [-0.15, -0.1) is 0 Å². The SMILES string of the molecule is COc1ccccc1N(C)S(=O)(=O)c1ccc(C(=O)OCC(=O)Nc2cccc(C)c2C)cc1. The van der Waals surface area contributed by atoms with E-state index >= 15 is 0 Å². The molecule has 0 spiro atoms. The van der Waals surface area contributed by atoms with Crippen molar-refractivity contribution in [3.8, 4) is 5.75 Å². The van der Waals surface area contributed by atoms with Crippen LogP contribution < -0.4 is 14.4 Å². The van der Waals surface area contributed by atoms with E-state index < -0.39 is 28.5 Å². The van der Waals surface area contributed by atoms with Crippen LogP contribution in [0.3, 0.4) is 0 Å². The average Bonchev–Trinajstić information content (AvgIpc) is 2.84. The molecule has 9 heteroatoms. The second-order valence-electron chi connectivity index (χ2n) is 7.54. The van der Waals surface area contributed by atoms with Crippen LogP contribution in [0.4, 0.5) is 11.4 Å². The fraction of sp³-hybridized carbons (Fsp3) is 0.200. The molecule has 0 fully saturated rings. The number of nitrogens with one attached hydrogen (secondary N) is 1. The first-order valence-corrected chi connectivity index (χ1v) is 11.8. The van der Waals surface area contributed by atoms with E-state index in [0.717, 1.165) is 15.4 Å². The zero-order valence-electron chi connectivity index (χ0n) is 19.4. The molecule has 1 N–H and O–H groups in total. The number of methoxy groups -OCH3 is 1. The van der Waals surface area contributed by atoms with Gasteiger partial charge < -0.3 is 14.8 Å². The first-order chi connectivity index (χ1) is 16.1. The fourth-order valence-corrected chi connectivity index (χ4v) is 4.43. The van der Waals surface area contributed by atoms with Crippen molar-refractivity contribution in [1.29, 1.82) is 0 Å². The molecule has 0 aromatic heterocycles. The Balaban J connectivity index is 1.66. The van der Waals surface area contributed by atoms with E-state index in [-0.39, 0.29) is 10.5 Å². The fourth-order valence-electron chi connectivity index (χ4n) is 3.23. The average molecular weight is 483 g/mol. The number of sulfonamides is 1. The van der Waals surface area contributed by atoms with Crippen LogP contribution in [0.5, 0.6) is 5.75 Å². The lowest BCUT2D eigenvalue weighted by Gasteiger charge is -2.21. The molecule has 0 atom stereocenters. The van der Waals surface area contributed by atoms with Gasteiger partial charge in [-0.2, -0.15) is 0 Å². The third kappa shape index (κ3) is 5.37. The van der Waals surface area contributed by atoms with Crippen LogP contribution in [0.15, 0.2) is 71.6 Å². The minimum atomic E-state index is -3.90. The summed E-state index contributed by atoms with van der Waals surface area (Å²) < 4.78 is 37.5. The van der Waals surface area contributed by atoms with Crippen LogP contribution >= 0.6 is 0 Å². The number of nitrogens with zero attached hydrogens (tertiary/aromatic N) is 1. The van der Waals surface area contributed by atoms with Crippen molar-refractivity contribution in [2.45, 2.75) is 18.7 Å². The van der Waals surface area contributed by atoms with Gasteiger partial charge in [0.15, 0.2) is 6.61 Å². The first-order valence-electron chi connectivity index (χ1n) is 10.4. The normalized spacial score (nSPS) is 10.9. The lowest BCUT2D eigenvalue weighted by molar-refractivity contribution is -0.119. The Morgan fingerprint density at radius 3 is 2.29 bits per heavy atom. The Kier molecular flexibility index (Phi) is 7.57. The molecule has 0 heterocycles. The molecule has 0 aliphatic heterocycles. The molecule has 8 nitrogen and oxygen atoms in total. The van der Waals surface area contributed by atoms with Crippen LogP contribution in [0.2, 0.25) is 0 Å². The number of amides is 1. The molecule has 0 aliphatic carbocycles. The minimum absolute atomic E-state index is 0.00915. The highest BCUT2D eigenvalue weighted by molar-refractivity contribution is 7.92. The van der Waals surface area contributed by atoms with Crippen LogP contribution in [-0.4, -0.2) is 41.1 Å². The van der Waals surface area contributed by atoms with Gasteiger partial charge in [0, 0.05) is 12.7 Å². The zero-order chi connectivity index (χ0) is 24.9. The first kappa shape index (κ1) is 24.8. The highest BCUT2D eigenvalue weighted by Crippen LogP contribution is 2.30. The Morgan fingerprint density at radius 2 is 1.62 bits per heavy atom. The van der Waals surface area contributed by atoms with Crippen LogP contribution in [0.25, 0.3) is 0 Å². The monoisotopic (exact) mass is 482 g/mol. The van der Waals surface area contributed by atoms with Crippen molar-refractivity contribution in [2.24, 2.45) is 0 Å². The number of aryl methyl sites for hydroxylation is 1. The molecule has 178 valence electrons. The lowest BCUT2D eigenvalue weighted by Crippen LogP contribution is -2.27. The second kappa shape index (κ2) is 10.4. The molecule has 34 heavy (non-hydrogen) atoms. The maximum atomic E-state index is 13.0. The predicted octanol–water partition coefficient (Wildman–Crippen LogP) is 3.93. The third-order valence-electron chi connectivity index (χ3n) is 5.39. The van der Waals surface area contributed by atoms with E-state index in [0.29, 0.717) is 17.1 Å². The predicted molar refractivity (Wildman–Crippen MR) is 130 cm³/mol. The van der Waals surface area contributed by atoms with Crippen molar-refractivity contribution >= 4 is 33.3 Å². The molecular weight excluding hydrogens is 456 g/mol. The van der Waals surface area contributed by atoms with Crippen LogP contribution in [0, 0.1) is 13.8 Å². The quantitative estimate of drug-likeness (QED) is 0.488. The van der Waals surface area contributed by atoms with Gasteiger partial charge in [-0.1, -0.05) is 24.3 Å². The maximum absolute atomic E-state index is 13.0. The summed E-state index contributed by atoms with van der Waals surface area (Å²) in [4.78, 5) is 24.5. The summed E-state index contributed by atoms with van der Waals surface area (Å²) in [6.45, 7) is 3.35. The molecule has 0 aliphatic rings. The number of para-hydroxylation sites is 2. The summed E-state index contributed by atoms with van der Waals surface area (Å²) in [5.41, 5.74) is 3.11. The van der Waals surface area contributed by atoms with E-state index in [1.807, 2.05) is 26.0 Å². The number of hydrogen-bond donors (Lipinski definition) is 1. The molecule has 3 aromatic rings. The number of rotatable bonds is 8. The van der Waals surface area contributed by atoms with Gasteiger partial charge >= 0.3 is 5.97 Å². The zero-order valence-corrected chi connectivity index (χ0v) is 20.2. The topological polar surface area (TPSA) is 102 Å². The third-order valence-corrected chi connectivity index (χ3v) is 7.17. The van der Waals surface area contributed by atoms with Gasteiger partial charge in [0.25, 0.3) is 15.9 Å². The highest BCUT2D eigenvalue weighted by atomic mass is 32.2. The Labute approximate surface area is 199 Å². The number of carbonyl (C=O) groups is 2. The summed E-state index contributed by atoms with van der Waals surface area (Å²) in [6.07, 6.45) is 0. The molecule has 3 aromatic carbocycles. The van der Waals surface area contributed by atoms with Crippen molar-refractivity contribution in [3.63, 3.8) is 0 Å². The minimum Gasteiger partial charge on any atom is -0.495 e. The molecular formula is C25H26N2O6S. The lowest BCUT2D eigenvalue weighted by atomic mass is 10.1. The van der Waals surface area contributed by atoms with E-state index in [2.05, 4.69) is 5.32 Å². The summed E-state index contributed by atoms with van der Waals surface area (Å²) in [7, 11) is -1.02. The Bertz CT molecular complexity index is 1300. The van der Waals surface area contributed by atoms with E-state index in [1.54, 1.807) is 30.3 Å². The molecule has 3 rings (SSSR count). The van der Waals surface area contributed by atoms with E-state index in [4.69, 9.17) is 9.47 Å². The maximum Gasteiger partial charge on any atom is 0.338 e. The molecule has 0 unspecified atom stereocenters. The summed E-state index contributed by atoms with van der Waals surface area (Å²) in [6, 6.07) is 17.6. The van der Waals surface area contributed by atoms with Gasteiger partial charge in [-0.3, -0.25) is 9.10 Å². The Hall–Kier alpha value is -3.85. The molecule has 1 amide bonds. The number of esters is 1. The Morgan fingerprint density at radius 1 is 0.941 bits per heavy atom.